The van der Waals surface area contributed by atoms with Crippen molar-refractivity contribution in [3.63, 3.8) is 0 Å². The van der Waals surface area contributed by atoms with E-state index in [4.69, 9.17) is 0 Å². The lowest BCUT2D eigenvalue weighted by Crippen LogP contribution is -2.40. The number of pyridine rings is 1. The van der Waals surface area contributed by atoms with Crippen LogP contribution in [-0.2, 0) is 0 Å². The molecule has 2 atom stereocenters. The summed E-state index contributed by atoms with van der Waals surface area (Å²) in [5.74, 6) is 0.935. The predicted octanol–water partition coefficient (Wildman–Crippen LogP) is 1.91. The SMILES string of the molecule is CCN(c1cc(C(C)O)ccn1)C(C)CN(C)C. The predicted molar refractivity (Wildman–Crippen MR) is 75.9 cm³/mol. The van der Waals surface area contributed by atoms with Gasteiger partial charge < -0.3 is 14.9 Å². The molecule has 4 nitrogen and oxygen atoms in total. The van der Waals surface area contributed by atoms with E-state index in [0.29, 0.717) is 6.04 Å². The lowest BCUT2D eigenvalue weighted by atomic mass is 10.1. The van der Waals surface area contributed by atoms with Gasteiger partial charge in [-0.15, -0.1) is 0 Å². The largest absolute Gasteiger partial charge is 0.389 e. The van der Waals surface area contributed by atoms with Crippen molar-refractivity contribution in [2.45, 2.75) is 32.9 Å². The lowest BCUT2D eigenvalue weighted by Gasteiger charge is -2.31. The van der Waals surface area contributed by atoms with Gasteiger partial charge in [0.1, 0.15) is 5.82 Å². The fourth-order valence-corrected chi connectivity index (χ4v) is 2.18. The Kier molecular flexibility index (Phi) is 5.56. The molecule has 1 rings (SSSR count). The number of rotatable bonds is 6. The van der Waals surface area contributed by atoms with E-state index in [1.165, 1.54) is 0 Å². The first-order valence-electron chi connectivity index (χ1n) is 6.51. The molecule has 0 aliphatic carbocycles. The van der Waals surface area contributed by atoms with Crippen LogP contribution in [0.1, 0.15) is 32.4 Å². The van der Waals surface area contributed by atoms with E-state index in [9.17, 15) is 5.11 Å². The van der Waals surface area contributed by atoms with Crippen molar-refractivity contribution in [2.24, 2.45) is 0 Å². The van der Waals surface area contributed by atoms with Crippen LogP contribution in [0.3, 0.4) is 0 Å². The van der Waals surface area contributed by atoms with E-state index in [1.54, 1.807) is 13.1 Å². The maximum Gasteiger partial charge on any atom is 0.129 e. The lowest BCUT2D eigenvalue weighted by molar-refractivity contribution is 0.199. The quantitative estimate of drug-likeness (QED) is 0.838. The summed E-state index contributed by atoms with van der Waals surface area (Å²) in [6, 6.07) is 4.22. The Bertz CT molecular complexity index is 366. The highest BCUT2D eigenvalue weighted by Gasteiger charge is 2.15. The third-order valence-electron chi connectivity index (χ3n) is 3.05. The van der Waals surface area contributed by atoms with Gasteiger partial charge in [0.05, 0.1) is 6.10 Å². The third kappa shape index (κ3) is 3.96. The molecular weight excluding hydrogens is 226 g/mol. The molecule has 1 N–H and O–H groups in total. The summed E-state index contributed by atoms with van der Waals surface area (Å²) in [6.07, 6.45) is 1.32. The van der Waals surface area contributed by atoms with E-state index in [1.807, 2.05) is 12.1 Å². The molecule has 1 aromatic heterocycles. The minimum absolute atomic E-state index is 0.391. The molecule has 0 radical (unpaired) electrons. The van der Waals surface area contributed by atoms with E-state index < -0.39 is 6.10 Å². The minimum atomic E-state index is -0.449. The number of hydrogen-bond donors (Lipinski definition) is 1. The minimum Gasteiger partial charge on any atom is -0.389 e. The Morgan fingerprint density at radius 3 is 2.50 bits per heavy atom. The fourth-order valence-electron chi connectivity index (χ4n) is 2.18. The first-order valence-corrected chi connectivity index (χ1v) is 6.51. The first-order chi connectivity index (χ1) is 8.45. The number of likely N-dealkylation sites (N-methyl/N-ethyl adjacent to an activating group) is 2. The molecule has 2 unspecified atom stereocenters. The fraction of sp³-hybridized carbons (Fsp3) is 0.643. The van der Waals surface area contributed by atoms with E-state index in [2.05, 4.69) is 42.7 Å². The first kappa shape index (κ1) is 14.9. The van der Waals surface area contributed by atoms with Crippen molar-refractivity contribution >= 4 is 5.82 Å². The van der Waals surface area contributed by atoms with Crippen molar-refractivity contribution in [1.82, 2.24) is 9.88 Å². The van der Waals surface area contributed by atoms with Crippen LogP contribution in [0.2, 0.25) is 0 Å². The zero-order chi connectivity index (χ0) is 13.7. The van der Waals surface area contributed by atoms with Gasteiger partial charge in [-0.25, -0.2) is 4.98 Å². The van der Waals surface area contributed by atoms with Crippen molar-refractivity contribution in [1.29, 1.82) is 0 Å². The molecule has 0 aliphatic rings. The van der Waals surface area contributed by atoms with Crippen molar-refractivity contribution in [3.8, 4) is 0 Å². The van der Waals surface area contributed by atoms with Gasteiger partial charge in [0.15, 0.2) is 0 Å². The second-order valence-corrected chi connectivity index (χ2v) is 5.02. The Labute approximate surface area is 110 Å². The average Bonchev–Trinajstić information content (AvgIpc) is 2.29. The Hall–Kier alpha value is -1.13. The molecule has 0 spiro atoms. The number of hydrogen-bond acceptors (Lipinski definition) is 4. The number of aliphatic hydroxyl groups excluding tert-OH is 1. The highest BCUT2D eigenvalue weighted by atomic mass is 16.3. The monoisotopic (exact) mass is 251 g/mol. The smallest absolute Gasteiger partial charge is 0.129 e. The highest BCUT2D eigenvalue weighted by Crippen LogP contribution is 2.19. The van der Waals surface area contributed by atoms with Gasteiger partial charge in [-0.05, 0) is 52.6 Å². The van der Waals surface area contributed by atoms with E-state index in [0.717, 1.165) is 24.5 Å². The van der Waals surface area contributed by atoms with Crippen LogP contribution >= 0.6 is 0 Å². The van der Waals surface area contributed by atoms with Crippen molar-refractivity contribution < 1.29 is 5.11 Å². The van der Waals surface area contributed by atoms with Crippen LogP contribution in [0.4, 0.5) is 5.82 Å². The van der Waals surface area contributed by atoms with Gasteiger partial charge in [0.25, 0.3) is 0 Å². The molecule has 0 amide bonds. The van der Waals surface area contributed by atoms with Crippen LogP contribution in [0.5, 0.6) is 0 Å². The molecule has 0 bridgehead atoms. The van der Waals surface area contributed by atoms with Crippen LogP contribution in [0, 0.1) is 0 Å². The van der Waals surface area contributed by atoms with Gasteiger partial charge in [-0.1, -0.05) is 0 Å². The zero-order valence-corrected chi connectivity index (χ0v) is 12.1. The Morgan fingerprint density at radius 2 is 2.00 bits per heavy atom. The molecule has 102 valence electrons. The Balaban J connectivity index is 2.90. The average molecular weight is 251 g/mol. The second-order valence-electron chi connectivity index (χ2n) is 5.02. The normalized spacial score (nSPS) is 14.6. The summed E-state index contributed by atoms with van der Waals surface area (Å²) in [4.78, 5) is 8.85. The molecule has 0 saturated carbocycles. The molecule has 0 aromatic carbocycles. The summed E-state index contributed by atoms with van der Waals surface area (Å²) in [5, 5.41) is 9.63. The molecular formula is C14H25N3O. The summed E-state index contributed by atoms with van der Waals surface area (Å²) < 4.78 is 0. The van der Waals surface area contributed by atoms with Gasteiger partial charge in [0, 0.05) is 25.3 Å². The number of anilines is 1. The summed E-state index contributed by atoms with van der Waals surface area (Å²) in [7, 11) is 4.15. The van der Waals surface area contributed by atoms with Crippen molar-refractivity contribution in [2.75, 3.05) is 32.1 Å². The standard InChI is InChI=1S/C14H25N3O/c1-6-17(11(2)10-16(4)5)14-9-13(12(3)18)7-8-15-14/h7-9,11-12,18H,6,10H2,1-5H3. The zero-order valence-electron chi connectivity index (χ0n) is 12.1. The van der Waals surface area contributed by atoms with E-state index >= 15 is 0 Å². The summed E-state index contributed by atoms with van der Waals surface area (Å²) in [6.45, 7) is 7.99. The topological polar surface area (TPSA) is 39.6 Å². The van der Waals surface area contributed by atoms with Gasteiger partial charge in [0.2, 0.25) is 0 Å². The van der Waals surface area contributed by atoms with Gasteiger partial charge in [-0.3, -0.25) is 0 Å². The van der Waals surface area contributed by atoms with Gasteiger partial charge >= 0.3 is 0 Å². The third-order valence-corrected chi connectivity index (χ3v) is 3.05. The maximum atomic E-state index is 9.63. The molecule has 0 fully saturated rings. The molecule has 4 heteroatoms. The van der Waals surface area contributed by atoms with Crippen molar-refractivity contribution in [3.05, 3.63) is 23.9 Å². The van der Waals surface area contributed by atoms with Crippen LogP contribution in [0.15, 0.2) is 18.3 Å². The van der Waals surface area contributed by atoms with Crippen LogP contribution < -0.4 is 4.90 Å². The second kappa shape index (κ2) is 6.71. The maximum absolute atomic E-state index is 9.63. The molecule has 1 heterocycles. The number of nitrogens with zero attached hydrogens (tertiary/aromatic N) is 3. The van der Waals surface area contributed by atoms with Crippen LogP contribution in [-0.4, -0.2) is 48.2 Å². The van der Waals surface area contributed by atoms with Gasteiger partial charge in [-0.2, -0.15) is 0 Å². The summed E-state index contributed by atoms with van der Waals surface area (Å²) >= 11 is 0. The van der Waals surface area contributed by atoms with Crippen LogP contribution in [0.25, 0.3) is 0 Å². The molecule has 18 heavy (non-hydrogen) atoms. The van der Waals surface area contributed by atoms with E-state index in [-0.39, 0.29) is 0 Å². The number of aromatic nitrogens is 1. The molecule has 0 aliphatic heterocycles. The molecule has 0 saturated heterocycles. The summed E-state index contributed by atoms with van der Waals surface area (Å²) in [5.41, 5.74) is 0.913. The Morgan fingerprint density at radius 1 is 1.33 bits per heavy atom. The highest BCUT2D eigenvalue weighted by molar-refractivity contribution is 5.42. The number of aliphatic hydroxyl groups is 1. The molecule has 1 aromatic rings.